The zero-order valence-electron chi connectivity index (χ0n) is 13.1. The van der Waals surface area contributed by atoms with Crippen LogP contribution in [0.3, 0.4) is 0 Å². The molecule has 128 valence electrons. The van der Waals surface area contributed by atoms with Crippen molar-refractivity contribution in [2.24, 2.45) is 0 Å². The fourth-order valence-corrected chi connectivity index (χ4v) is 4.34. The van der Waals surface area contributed by atoms with E-state index in [2.05, 4.69) is 9.88 Å². The molecule has 0 amide bonds. The van der Waals surface area contributed by atoms with Gasteiger partial charge in [0.1, 0.15) is 11.6 Å². The molecule has 5 nitrogen and oxygen atoms in total. The first-order valence-corrected chi connectivity index (χ1v) is 9.33. The molecule has 1 aromatic heterocycles. The van der Waals surface area contributed by atoms with Gasteiger partial charge >= 0.3 is 0 Å². The topological polar surface area (TPSA) is 53.5 Å². The number of benzene rings is 1. The summed E-state index contributed by atoms with van der Waals surface area (Å²) in [5.74, 6) is 0.211. The van der Waals surface area contributed by atoms with Crippen molar-refractivity contribution in [2.45, 2.75) is 11.8 Å². The largest absolute Gasteiger partial charge is 0.354 e. The van der Waals surface area contributed by atoms with Crippen molar-refractivity contribution < 1.29 is 12.8 Å². The first-order valence-electron chi connectivity index (χ1n) is 7.52. The second-order valence-corrected chi connectivity index (χ2v) is 7.95. The summed E-state index contributed by atoms with van der Waals surface area (Å²) in [4.78, 5) is 6.52. The van der Waals surface area contributed by atoms with Gasteiger partial charge in [-0.3, -0.25) is 0 Å². The summed E-state index contributed by atoms with van der Waals surface area (Å²) < 4.78 is 40.0. The number of aryl methyl sites for hydroxylation is 1. The number of pyridine rings is 1. The first kappa shape index (κ1) is 17.1. The lowest BCUT2D eigenvalue weighted by Crippen LogP contribution is -2.48. The number of rotatable bonds is 3. The van der Waals surface area contributed by atoms with E-state index < -0.39 is 15.8 Å². The number of aromatic nitrogens is 1. The summed E-state index contributed by atoms with van der Waals surface area (Å²) >= 11 is 5.70. The van der Waals surface area contributed by atoms with E-state index >= 15 is 0 Å². The Hall–Kier alpha value is -1.70. The molecule has 1 saturated heterocycles. The van der Waals surface area contributed by atoms with Gasteiger partial charge in [-0.1, -0.05) is 17.7 Å². The van der Waals surface area contributed by atoms with Crippen LogP contribution in [0.4, 0.5) is 10.2 Å². The van der Waals surface area contributed by atoms with Crippen molar-refractivity contribution in [3.05, 3.63) is 52.9 Å². The van der Waals surface area contributed by atoms with Crippen molar-refractivity contribution in [3.8, 4) is 0 Å². The van der Waals surface area contributed by atoms with E-state index in [1.807, 2.05) is 25.1 Å². The second kappa shape index (κ2) is 6.66. The van der Waals surface area contributed by atoms with Gasteiger partial charge in [0, 0.05) is 31.9 Å². The Morgan fingerprint density at radius 1 is 1.12 bits per heavy atom. The zero-order chi connectivity index (χ0) is 17.3. The Labute approximate surface area is 145 Å². The SMILES string of the molecule is Cc1cccc(N2CCN(S(=O)(=O)c3ccc(F)c(Cl)c3)CC2)n1. The monoisotopic (exact) mass is 369 g/mol. The molecule has 0 atom stereocenters. The van der Waals surface area contributed by atoms with Crippen LogP contribution in [0, 0.1) is 12.7 Å². The van der Waals surface area contributed by atoms with Crippen LogP contribution >= 0.6 is 11.6 Å². The quantitative estimate of drug-likeness (QED) is 0.834. The highest BCUT2D eigenvalue weighted by molar-refractivity contribution is 7.89. The van der Waals surface area contributed by atoms with E-state index in [1.54, 1.807) is 0 Å². The van der Waals surface area contributed by atoms with Gasteiger partial charge in [-0.2, -0.15) is 4.31 Å². The zero-order valence-corrected chi connectivity index (χ0v) is 14.7. The van der Waals surface area contributed by atoms with Crippen molar-refractivity contribution in [1.29, 1.82) is 0 Å². The van der Waals surface area contributed by atoms with Gasteiger partial charge in [0.05, 0.1) is 9.92 Å². The second-order valence-electron chi connectivity index (χ2n) is 5.60. The van der Waals surface area contributed by atoms with Crippen LogP contribution in [0.5, 0.6) is 0 Å². The van der Waals surface area contributed by atoms with E-state index in [4.69, 9.17) is 11.6 Å². The molecular weight excluding hydrogens is 353 g/mol. The third-order valence-corrected chi connectivity index (χ3v) is 6.15. The summed E-state index contributed by atoms with van der Waals surface area (Å²) in [5, 5.41) is -0.196. The Kier molecular flexibility index (Phi) is 4.76. The van der Waals surface area contributed by atoms with Crippen LogP contribution in [-0.4, -0.2) is 43.9 Å². The van der Waals surface area contributed by atoms with Crippen LogP contribution in [0.25, 0.3) is 0 Å². The van der Waals surface area contributed by atoms with Gasteiger partial charge in [0.25, 0.3) is 0 Å². The van der Waals surface area contributed by atoms with Gasteiger partial charge in [0.15, 0.2) is 0 Å². The molecule has 0 N–H and O–H groups in total. The predicted molar refractivity (Wildman–Crippen MR) is 91.4 cm³/mol. The maximum absolute atomic E-state index is 13.2. The number of anilines is 1. The third-order valence-electron chi connectivity index (χ3n) is 3.97. The Morgan fingerprint density at radius 3 is 2.46 bits per heavy atom. The third kappa shape index (κ3) is 3.38. The van der Waals surface area contributed by atoms with Gasteiger partial charge in [0.2, 0.25) is 10.0 Å². The average molecular weight is 370 g/mol. The van der Waals surface area contributed by atoms with Crippen molar-refractivity contribution in [2.75, 3.05) is 31.1 Å². The van der Waals surface area contributed by atoms with Crippen molar-refractivity contribution in [3.63, 3.8) is 0 Å². The highest BCUT2D eigenvalue weighted by Gasteiger charge is 2.29. The molecule has 24 heavy (non-hydrogen) atoms. The van der Waals surface area contributed by atoms with E-state index in [1.165, 1.54) is 10.4 Å². The molecule has 2 aromatic rings. The number of piperazine rings is 1. The molecule has 1 aromatic carbocycles. The normalized spacial score (nSPS) is 16.4. The fourth-order valence-electron chi connectivity index (χ4n) is 2.65. The molecule has 2 heterocycles. The number of hydrogen-bond acceptors (Lipinski definition) is 4. The highest BCUT2D eigenvalue weighted by atomic mass is 35.5. The molecular formula is C16H17ClFN3O2S. The Balaban J connectivity index is 1.74. The minimum absolute atomic E-state index is 0.0102. The van der Waals surface area contributed by atoms with Crippen molar-refractivity contribution >= 4 is 27.4 Å². The molecule has 8 heteroatoms. The fraction of sp³-hybridized carbons (Fsp3) is 0.312. The molecule has 0 spiro atoms. The van der Waals surface area contributed by atoms with Gasteiger partial charge in [-0.25, -0.2) is 17.8 Å². The maximum Gasteiger partial charge on any atom is 0.243 e. The van der Waals surface area contributed by atoms with E-state index in [0.29, 0.717) is 26.2 Å². The summed E-state index contributed by atoms with van der Waals surface area (Å²) in [6.07, 6.45) is 0. The minimum Gasteiger partial charge on any atom is -0.354 e. The van der Waals surface area contributed by atoms with E-state index in [9.17, 15) is 12.8 Å². The molecule has 0 radical (unpaired) electrons. The smallest absolute Gasteiger partial charge is 0.243 e. The lowest BCUT2D eigenvalue weighted by Gasteiger charge is -2.34. The molecule has 1 aliphatic rings. The summed E-state index contributed by atoms with van der Waals surface area (Å²) in [6.45, 7) is 3.69. The highest BCUT2D eigenvalue weighted by Crippen LogP contribution is 2.24. The van der Waals surface area contributed by atoms with Gasteiger partial charge in [-0.15, -0.1) is 0 Å². The molecule has 0 bridgehead atoms. The lowest BCUT2D eigenvalue weighted by molar-refractivity contribution is 0.383. The maximum atomic E-state index is 13.2. The molecule has 0 saturated carbocycles. The predicted octanol–water partition coefficient (Wildman–Crippen LogP) is 2.69. The minimum atomic E-state index is -3.68. The molecule has 1 fully saturated rings. The van der Waals surface area contributed by atoms with Gasteiger partial charge in [-0.05, 0) is 37.3 Å². The first-order chi connectivity index (χ1) is 11.4. The summed E-state index contributed by atoms with van der Waals surface area (Å²) in [7, 11) is -3.68. The van der Waals surface area contributed by atoms with E-state index in [-0.39, 0.29) is 9.92 Å². The van der Waals surface area contributed by atoms with Crippen LogP contribution in [0.2, 0.25) is 5.02 Å². The average Bonchev–Trinajstić information content (AvgIpc) is 2.57. The molecule has 0 unspecified atom stereocenters. The van der Waals surface area contributed by atoms with Gasteiger partial charge < -0.3 is 4.90 Å². The molecule has 1 aliphatic heterocycles. The number of nitrogens with zero attached hydrogens (tertiary/aromatic N) is 3. The standard InChI is InChI=1S/C16H17ClFN3O2S/c1-12-3-2-4-16(19-12)20-7-9-21(10-8-20)24(22,23)13-5-6-15(18)14(17)11-13/h2-6,11H,7-10H2,1H3. The molecule has 3 rings (SSSR count). The van der Waals surface area contributed by atoms with Crippen LogP contribution in [-0.2, 0) is 10.0 Å². The van der Waals surface area contributed by atoms with Crippen LogP contribution in [0.15, 0.2) is 41.3 Å². The Bertz CT molecular complexity index is 852. The number of sulfonamides is 1. The summed E-state index contributed by atoms with van der Waals surface area (Å²) in [5.41, 5.74) is 0.920. The van der Waals surface area contributed by atoms with Crippen LogP contribution < -0.4 is 4.90 Å². The van der Waals surface area contributed by atoms with Crippen LogP contribution in [0.1, 0.15) is 5.69 Å². The summed E-state index contributed by atoms with van der Waals surface area (Å²) in [6, 6.07) is 9.23. The lowest BCUT2D eigenvalue weighted by atomic mass is 10.3. The molecule has 0 aliphatic carbocycles. The number of hydrogen-bond donors (Lipinski definition) is 0. The van der Waals surface area contributed by atoms with Crippen molar-refractivity contribution in [1.82, 2.24) is 9.29 Å². The number of halogens is 2. The van der Waals surface area contributed by atoms with E-state index in [0.717, 1.165) is 23.6 Å². The Morgan fingerprint density at radius 2 is 1.83 bits per heavy atom.